The van der Waals surface area contributed by atoms with Crippen LogP contribution in [0.4, 0.5) is 10.1 Å². The molecule has 1 aliphatic rings. The number of nitrogens with one attached hydrogen (secondary N) is 1. The van der Waals surface area contributed by atoms with Gasteiger partial charge in [-0.05, 0) is 43.7 Å². The second-order valence-corrected chi connectivity index (χ2v) is 7.59. The average Bonchev–Trinajstić information content (AvgIpc) is 3.35. The molecule has 3 rings (SSSR count). The normalized spacial score (nSPS) is 16.1. The van der Waals surface area contributed by atoms with E-state index in [1.807, 2.05) is 19.2 Å². The topological polar surface area (TPSA) is 31.9 Å². The molecule has 1 unspecified atom stereocenters. The van der Waals surface area contributed by atoms with E-state index in [0.717, 1.165) is 35.8 Å². The molecule has 0 aliphatic heterocycles. The van der Waals surface area contributed by atoms with E-state index in [1.165, 1.54) is 38.5 Å². The summed E-state index contributed by atoms with van der Waals surface area (Å²) in [4.78, 5) is 9.79. The third-order valence-corrected chi connectivity index (χ3v) is 5.95. The molecule has 1 aromatic heterocycles. The lowest BCUT2D eigenvalue weighted by molar-refractivity contribution is 0.425. The summed E-state index contributed by atoms with van der Waals surface area (Å²) in [5, 5.41) is 0. The first kappa shape index (κ1) is 18.9. The van der Waals surface area contributed by atoms with Crippen LogP contribution in [0.25, 0.3) is 0 Å². The van der Waals surface area contributed by atoms with E-state index in [0.29, 0.717) is 12.5 Å². The summed E-state index contributed by atoms with van der Waals surface area (Å²) in [6, 6.07) is 5.92. The van der Waals surface area contributed by atoms with Gasteiger partial charge in [-0.2, -0.15) is 0 Å². The number of nitrogens with zero attached hydrogens (tertiary/aromatic N) is 2. The van der Waals surface area contributed by atoms with E-state index in [1.54, 1.807) is 12.4 Å². The summed E-state index contributed by atoms with van der Waals surface area (Å²) in [6.07, 6.45) is 13.4. The molecule has 1 heterocycles. The molecule has 2 aromatic rings. The molecule has 0 amide bonds. The zero-order valence-electron chi connectivity index (χ0n) is 16.2. The van der Waals surface area contributed by atoms with Crippen LogP contribution in [-0.2, 0) is 13.0 Å². The van der Waals surface area contributed by atoms with Gasteiger partial charge in [-0.1, -0.05) is 45.6 Å². The summed E-state index contributed by atoms with van der Waals surface area (Å²) in [6.45, 7) is 5.04. The lowest BCUT2D eigenvalue weighted by Gasteiger charge is -2.35. The van der Waals surface area contributed by atoms with E-state index in [4.69, 9.17) is 0 Å². The summed E-state index contributed by atoms with van der Waals surface area (Å²) < 4.78 is 14.4. The zero-order chi connectivity index (χ0) is 18.4. The molecule has 1 aromatic carbocycles. The summed E-state index contributed by atoms with van der Waals surface area (Å²) in [7, 11) is 0. The van der Waals surface area contributed by atoms with Gasteiger partial charge in [-0.15, -0.1) is 0 Å². The Morgan fingerprint density at radius 1 is 1.27 bits per heavy atom. The first-order valence-electron chi connectivity index (χ1n) is 10.2. The highest BCUT2D eigenvalue weighted by atomic mass is 19.1. The Hall–Kier alpha value is -1.84. The molecule has 4 heteroatoms. The molecule has 142 valence electrons. The van der Waals surface area contributed by atoms with Crippen LogP contribution in [0.3, 0.4) is 0 Å². The van der Waals surface area contributed by atoms with Crippen molar-refractivity contribution in [3.8, 4) is 0 Å². The van der Waals surface area contributed by atoms with Gasteiger partial charge in [0, 0.05) is 23.5 Å². The van der Waals surface area contributed by atoms with Crippen LogP contribution in [0.5, 0.6) is 0 Å². The lowest BCUT2D eigenvalue weighted by atomic mass is 9.95. The van der Waals surface area contributed by atoms with Crippen molar-refractivity contribution in [2.24, 2.45) is 5.92 Å². The fraction of sp³-hybridized carbons (Fsp3) is 0.591. The smallest absolute Gasteiger partial charge is 0.128 e. The molecule has 1 atom stereocenters. The maximum Gasteiger partial charge on any atom is 0.128 e. The number of H-pyrrole nitrogens is 1. The van der Waals surface area contributed by atoms with Gasteiger partial charge in [-0.3, -0.25) is 0 Å². The Labute approximate surface area is 157 Å². The predicted molar refractivity (Wildman–Crippen MR) is 106 cm³/mol. The predicted octanol–water partition coefficient (Wildman–Crippen LogP) is 5.87. The molecule has 0 spiro atoms. The van der Waals surface area contributed by atoms with Crippen LogP contribution in [0.2, 0.25) is 0 Å². The molecule has 3 nitrogen and oxygen atoms in total. The molecular weight excluding hydrogens is 325 g/mol. The average molecular weight is 358 g/mol. The highest BCUT2D eigenvalue weighted by Gasteiger charge is 2.24. The van der Waals surface area contributed by atoms with Crippen molar-refractivity contribution in [3.63, 3.8) is 0 Å². The molecule has 26 heavy (non-hydrogen) atoms. The Balaban J connectivity index is 1.85. The second-order valence-electron chi connectivity index (χ2n) is 7.59. The number of imidazole rings is 1. The molecule has 1 N–H and O–H groups in total. The van der Waals surface area contributed by atoms with Gasteiger partial charge >= 0.3 is 0 Å². The minimum atomic E-state index is -0.0924. The molecule has 1 saturated carbocycles. The second kappa shape index (κ2) is 9.20. The van der Waals surface area contributed by atoms with E-state index in [2.05, 4.69) is 27.9 Å². The van der Waals surface area contributed by atoms with Crippen LogP contribution in [0, 0.1) is 11.7 Å². The largest absolute Gasteiger partial charge is 0.362 e. The van der Waals surface area contributed by atoms with Crippen LogP contribution in [0.15, 0.2) is 30.7 Å². The van der Waals surface area contributed by atoms with Crippen molar-refractivity contribution in [1.82, 2.24) is 9.97 Å². The fourth-order valence-corrected chi connectivity index (χ4v) is 4.44. The Morgan fingerprint density at radius 3 is 2.73 bits per heavy atom. The number of aromatic nitrogens is 2. The van der Waals surface area contributed by atoms with Crippen molar-refractivity contribution in [1.29, 1.82) is 0 Å². The molecule has 1 fully saturated rings. The van der Waals surface area contributed by atoms with Crippen LogP contribution in [0.1, 0.15) is 70.1 Å². The molecule has 0 bridgehead atoms. The number of rotatable bonds is 9. The summed E-state index contributed by atoms with van der Waals surface area (Å²) in [5.74, 6) is 0.793. The summed E-state index contributed by atoms with van der Waals surface area (Å²) >= 11 is 0. The molecular formula is C22H32FN3. The Bertz CT molecular complexity index is 662. The van der Waals surface area contributed by atoms with E-state index < -0.39 is 0 Å². The van der Waals surface area contributed by atoms with E-state index in [9.17, 15) is 4.39 Å². The highest BCUT2D eigenvalue weighted by Crippen LogP contribution is 2.33. The number of hydrogen-bond donors (Lipinski definition) is 1. The van der Waals surface area contributed by atoms with Crippen molar-refractivity contribution in [3.05, 3.63) is 47.8 Å². The van der Waals surface area contributed by atoms with Crippen LogP contribution >= 0.6 is 0 Å². The minimum Gasteiger partial charge on any atom is -0.362 e. The van der Waals surface area contributed by atoms with Crippen LogP contribution in [-0.4, -0.2) is 16.0 Å². The van der Waals surface area contributed by atoms with Gasteiger partial charge < -0.3 is 9.88 Å². The Kier molecular flexibility index (Phi) is 6.70. The Morgan fingerprint density at radius 2 is 2.08 bits per heavy atom. The minimum absolute atomic E-state index is 0.0924. The molecule has 0 radical (unpaired) electrons. The maximum absolute atomic E-state index is 14.4. The SMILES string of the molecule is CCc1c(F)cccc1N(Cc1cnc[nH]1)C(CC)CCC1CCCC1. The van der Waals surface area contributed by atoms with Gasteiger partial charge in [0.25, 0.3) is 0 Å². The first-order valence-corrected chi connectivity index (χ1v) is 10.2. The fourth-order valence-electron chi connectivity index (χ4n) is 4.44. The number of aromatic amines is 1. The van der Waals surface area contributed by atoms with Gasteiger partial charge in [0.2, 0.25) is 0 Å². The standard InChI is InChI=1S/C22H32FN3/c1-3-19(13-12-17-8-5-6-9-17)26(15-18-14-24-16-25-18)22-11-7-10-21(23)20(22)4-2/h7,10-11,14,16-17,19H,3-6,8-9,12-13,15H2,1-2H3,(H,24,25). The van der Waals surface area contributed by atoms with Crippen molar-refractivity contribution < 1.29 is 4.39 Å². The number of halogens is 1. The van der Waals surface area contributed by atoms with Gasteiger partial charge in [0.15, 0.2) is 0 Å². The quantitative estimate of drug-likeness (QED) is 0.609. The summed E-state index contributed by atoms with van der Waals surface area (Å²) in [5.41, 5.74) is 2.95. The molecule has 1 aliphatic carbocycles. The van der Waals surface area contributed by atoms with Gasteiger partial charge in [0.1, 0.15) is 5.82 Å². The van der Waals surface area contributed by atoms with Crippen molar-refractivity contribution in [2.45, 2.75) is 77.8 Å². The zero-order valence-corrected chi connectivity index (χ0v) is 16.2. The molecule has 0 saturated heterocycles. The van der Waals surface area contributed by atoms with Gasteiger partial charge in [-0.25, -0.2) is 9.37 Å². The monoisotopic (exact) mass is 357 g/mol. The highest BCUT2D eigenvalue weighted by molar-refractivity contribution is 5.55. The van der Waals surface area contributed by atoms with Crippen molar-refractivity contribution >= 4 is 5.69 Å². The number of hydrogen-bond acceptors (Lipinski definition) is 2. The number of benzene rings is 1. The number of anilines is 1. The third kappa shape index (κ3) is 4.46. The van der Waals surface area contributed by atoms with Crippen molar-refractivity contribution in [2.75, 3.05) is 4.90 Å². The first-order chi connectivity index (χ1) is 12.7. The third-order valence-electron chi connectivity index (χ3n) is 5.95. The maximum atomic E-state index is 14.4. The van der Waals surface area contributed by atoms with Gasteiger partial charge in [0.05, 0.1) is 18.6 Å². The lowest BCUT2D eigenvalue weighted by Crippen LogP contribution is -2.36. The van der Waals surface area contributed by atoms with E-state index >= 15 is 0 Å². The van der Waals surface area contributed by atoms with E-state index in [-0.39, 0.29) is 5.82 Å². The van der Waals surface area contributed by atoms with Crippen LogP contribution < -0.4 is 4.90 Å².